The van der Waals surface area contributed by atoms with E-state index in [2.05, 4.69) is 0 Å². The number of hydrogen-bond donors (Lipinski definition) is 0. The molecule has 0 radical (unpaired) electrons. The van der Waals surface area contributed by atoms with Crippen molar-refractivity contribution >= 4 is 5.91 Å². The molecule has 1 fully saturated rings. The maximum absolute atomic E-state index is 12.8. The van der Waals surface area contributed by atoms with Crippen LogP contribution in [0.25, 0.3) is 0 Å². The summed E-state index contributed by atoms with van der Waals surface area (Å²) in [6, 6.07) is 5.58. The molecular weight excluding hydrogens is 282 g/mol. The first-order chi connectivity index (χ1) is 10.6. The Bertz CT molecular complexity index is 623. The van der Waals surface area contributed by atoms with Gasteiger partial charge in [0.2, 0.25) is 0 Å². The third-order valence-electron chi connectivity index (χ3n) is 3.90. The first-order valence-electron chi connectivity index (χ1n) is 7.64. The quantitative estimate of drug-likeness (QED) is 0.850. The Kier molecular flexibility index (Phi) is 4.34. The molecule has 0 aliphatic carbocycles. The Morgan fingerprint density at radius 3 is 2.86 bits per heavy atom. The van der Waals surface area contributed by atoms with Gasteiger partial charge in [-0.1, -0.05) is 0 Å². The molecule has 3 rings (SSSR count). The molecule has 3 heterocycles. The van der Waals surface area contributed by atoms with Gasteiger partial charge in [0.15, 0.2) is 5.76 Å². The molecule has 22 heavy (non-hydrogen) atoms. The molecule has 0 N–H and O–H groups in total. The summed E-state index contributed by atoms with van der Waals surface area (Å²) in [5, 5.41) is 0. The fourth-order valence-electron chi connectivity index (χ4n) is 2.84. The zero-order valence-corrected chi connectivity index (χ0v) is 13.0. The van der Waals surface area contributed by atoms with Crippen LogP contribution in [0.5, 0.6) is 0 Å². The van der Waals surface area contributed by atoms with Gasteiger partial charge in [-0.2, -0.15) is 0 Å². The van der Waals surface area contributed by atoms with Crippen molar-refractivity contribution in [2.45, 2.75) is 39.3 Å². The Balaban J connectivity index is 1.79. The molecule has 0 saturated carbocycles. The predicted octanol–water partition coefficient (Wildman–Crippen LogP) is 3.31. The van der Waals surface area contributed by atoms with Crippen LogP contribution in [0.15, 0.2) is 33.3 Å². The first-order valence-corrected chi connectivity index (χ1v) is 7.64. The molecule has 1 saturated heterocycles. The highest BCUT2D eigenvalue weighted by atomic mass is 16.5. The second-order valence-electron chi connectivity index (χ2n) is 5.77. The van der Waals surface area contributed by atoms with Crippen molar-refractivity contribution in [2.75, 3.05) is 13.2 Å². The number of hydrogen-bond acceptors (Lipinski definition) is 4. The minimum atomic E-state index is -0.113. The van der Waals surface area contributed by atoms with Crippen LogP contribution in [0, 0.1) is 13.8 Å². The van der Waals surface area contributed by atoms with Crippen LogP contribution in [-0.4, -0.2) is 30.1 Å². The molecule has 1 atom stereocenters. The topological polar surface area (TPSA) is 55.8 Å². The second kappa shape index (κ2) is 6.40. The Hall–Kier alpha value is -2.01. The van der Waals surface area contributed by atoms with Gasteiger partial charge in [-0.3, -0.25) is 4.79 Å². The van der Waals surface area contributed by atoms with Crippen molar-refractivity contribution in [3.05, 3.63) is 47.3 Å². The summed E-state index contributed by atoms with van der Waals surface area (Å²) in [4.78, 5) is 14.6. The molecule has 2 aromatic heterocycles. The van der Waals surface area contributed by atoms with Crippen molar-refractivity contribution in [1.29, 1.82) is 0 Å². The molecule has 1 aliphatic heterocycles. The molecule has 0 unspecified atom stereocenters. The lowest BCUT2D eigenvalue weighted by atomic mass is 10.2. The lowest BCUT2D eigenvalue weighted by Gasteiger charge is -2.24. The fourth-order valence-corrected chi connectivity index (χ4v) is 2.84. The molecule has 0 spiro atoms. The van der Waals surface area contributed by atoms with Crippen molar-refractivity contribution < 1.29 is 18.4 Å². The molecule has 1 aliphatic rings. The summed E-state index contributed by atoms with van der Waals surface area (Å²) in [5.41, 5.74) is 0.860. The smallest absolute Gasteiger partial charge is 0.290 e. The lowest BCUT2D eigenvalue weighted by Crippen LogP contribution is -2.37. The lowest BCUT2D eigenvalue weighted by molar-refractivity contribution is 0.0466. The zero-order chi connectivity index (χ0) is 15.5. The van der Waals surface area contributed by atoms with E-state index in [0.717, 1.165) is 36.5 Å². The summed E-state index contributed by atoms with van der Waals surface area (Å²) in [6.45, 7) is 5.48. The number of rotatable bonds is 5. The molecule has 1 amide bonds. The van der Waals surface area contributed by atoms with E-state index in [1.165, 1.54) is 0 Å². The highest BCUT2D eigenvalue weighted by Crippen LogP contribution is 2.20. The van der Waals surface area contributed by atoms with Gasteiger partial charge in [-0.25, -0.2) is 0 Å². The number of nitrogens with zero attached hydrogens (tertiary/aromatic N) is 1. The standard InChI is InChI=1S/C17H21NO4/c1-12-9-13(2)22-16(12)17(19)18(10-14-5-3-7-20-14)11-15-6-4-8-21-15/h3,5,7,9,15H,4,6,8,10-11H2,1-2H3/t15-/m0/s1. The van der Waals surface area contributed by atoms with E-state index < -0.39 is 0 Å². The molecule has 0 bridgehead atoms. The van der Waals surface area contributed by atoms with Crippen LogP contribution < -0.4 is 0 Å². The van der Waals surface area contributed by atoms with Crippen molar-refractivity contribution in [3.8, 4) is 0 Å². The van der Waals surface area contributed by atoms with Gasteiger partial charge in [0.05, 0.1) is 18.9 Å². The van der Waals surface area contributed by atoms with Crippen LogP contribution in [-0.2, 0) is 11.3 Å². The van der Waals surface area contributed by atoms with Gasteiger partial charge in [0.1, 0.15) is 11.5 Å². The van der Waals surface area contributed by atoms with E-state index in [-0.39, 0.29) is 12.0 Å². The molecule has 5 nitrogen and oxygen atoms in total. The third kappa shape index (κ3) is 3.25. The zero-order valence-electron chi connectivity index (χ0n) is 13.0. The van der Waals surface area contributed by atoms with Crippen LogP contribution in [0.2, 0.25) is 0 Å². The predicted molar refractivity (Wildman–Crippen MR) is 80.6 cm³/mol. The van der Waals surface area contributed by atoms with Crippen LogP contribution in [0.4, 0.5) is 0 Å². The Morgan fingerprint density at radius 2 is 2.27 bits per heavy atom. The van der Waals surface area contributed by atoms with E-state index in [0.29, 0.717) is 18.8 Å². The maximum atomic E-state index is 12.8. The molecule has 2 aromatic rings. The van der Waals surface area contributed by atoms with E-state index in [4.69, 9.17) is 13.6 Å². The van der Waals surface area contributed by atoms with Gasteiger partial charge < -0.3 is 18.5 Å². The van der Waals surface area contributed by atoms with Crippen molar-refractivity contribution in [1.82, 2.24) is 4.90 Å². The summed E-state index contributed by atoms with van der Waals surface area (Å²) in [7, 11) is 0. The fraction of sp³-hybridized carbons (Fsp3) is 0.471. The first kappa shape index (κ1) is 14.9. The average molecular weight is 303 g/mol. The Morgan fingerprint density at radius 1 is 1.41 bits per heavy atom. The van der Waals surface area contributed by atoms with E-state index >= 15 is 0 Å². The maximum Gasteiger partial charge on any atom is 0.290 e. The summed E-state index contributed by atoms with van der Waals surface area (Å²) < 4.78 is 16.6. The number of aryl methyl sites for hydroxylation is 2. The van der Waals surface area contributed by atoms with Crippen molar-refractivity contribution in [2.24, 2.45) is 0 Å². The largest absolute Gasteiger partial charge is 0.467 e. The minimum Gasteiger partial charge on any atom is -0.467 e. The number of amides is 1. The van der Waals surface area contributed by atoms with Crippen LogP contribution >= 0.6 is 0 Å². The number of ether oxygens (including phenoxy) is 1. The monoisotopic (exact) mass is 303 g/mol. The number of carbonyl (C=O) groups is 1. The van der Waals surface area contributed by atoms with Gasteiger partial charge in [-0.05, 0) is 44.9 Å². The molecule has 5 heteroatoms. The molecule has 0 aromatic carbocycles. The van der Waals surface area contributed by atoms with E-state index in [1.807, 2.05) is 32.0 Å². The van der Waals surface area contributed by atoms with Crippen LogP contribution in [0.1, 0.15) is 40.5 Å². The number of carbonyl (C=O) groups excluding carboxylic acids is 1. The normalized spacial score (nSPS) is 17.8. The van der Waals surface area contributed by atoms with Gasteiger partial charge in [-0.15, -0.1) is 0 Å². The van der Waals surface area contributed by atoms with Crippen molar-refractivity contribution in [3.63, 3.8) is 0 Å². The SMILES string of the molecule is Cc1cc(C)c(C(=O)N(Cc2ccco2)C[C@@H]2CCCO2)o1. The Labute approximate surface area is 129 Å². The second-order valence-corrected chi connectivity index (χ2v) is 5.77. The summed E-state index contributed by atoms with van der Waals surface area (Å²) in [6.07, 6.45) is 3.74. The van der Waals surface area contributed by atoms with Gasteiger partial charge in [0.25, 0.3) is 5.91 Å². The highest BCUT2D eigenvalue weighted by Gasteiger charge is 2.27. The third-order valence-corrected chi connectivity index (χ3v) is 3.90. The van der Waals surface area contributed by atoms with Crippen LogP contribution in [0.3, 0.4) is 0 Å². The van der Waals surface area contributed by atoms with Gasteiger partial charge >= 0.3 is 0 Å². The summed E-state index contributed by atoms with van der Waals surface area (Å²) in [5.74, 6) is 1.79. The molecule has 118 valence electrons. The van der Waals surface area contributed by atoms with Gasteiger partial charge in [0, 0.05) is 18.7 Å². The molecular formula is C17H21NO4. The minimum absolute atomic E-state index is 0.0928. The van der Waals surface area contributed by atoms with E-state index in [1.54, 1.807) is 11.2 Å². The average Bonchev–Trinajstić information content (AvgIpc) is 3.20. The summed E-state index contributed by atoms with van der Waals surface area (Å²) >= 11 is 0. The number of furan rings is 2. The van der Waals surface area contributed by atoms with E-state index in [9.17, 15) is 4.79 Å². The highest BCUT2D eigenvalue weighted by molar-refractivity contribution is 5.93.